The molecule has 9 heteroatoms. The van der Waals surface area contributed by atoms with Crippen molar-refractivity contribution >= 4 is 5.91 Å². The Hall–Kier alpha value is -1.33. The van der Waals surface area contributed by atoms with Crippen LogP contribution in [0.1, 0.15) is 316 Å². The topological polar surface area (TPSA) is 149 Å². The zero-order valence-electron chi connectivity index (χ0n) is 47.5. The fourth-order valence-corrected chi connectivity index (χ4v) is 10.3. The molecule has 1 heterocycles. The summed E-state index contributed by atoms with van der Waals surface area (Å²) < 4.78 is 11.3. The molecular formula is C63H121NO8. The first-order chi connectivity index (χ1) is 35.3. The largest absolute Gasteiger partial charge is 0.394 e. The van der Waals surface area contributed by atoms with E-state index in [9.17, 15) is 30.3 Å². The van der Waals surface area contributed by atoms with Gasteiger partial charge in [-0.15, -0.1) is 0 Å². The Kier molecular flexibility index (Phi) is 50.6. The number of hydrogen-bond acceptors (Lipinski definition) is 8. The summed E-state index contributed by atoms with van der Waals surface area (Å²) in [5, 5.41) is 54.8. The summed E-state index contributed by atoms with van der Waals surface area (Å²) in [5.41, 5.74) is 0. The highest BCUT2D eigenvalue weighted by atomic mass is 16.7. The number of aliphatic hydroxyl groups excluding tert-OH is 5. The third-order valence-electron chi connectivity index (χ3n) is 15.3. The van der Waals surface area contributed by atoms with Crippen molar-refractivity contribution in [1.82, 2.24) is 5.32 Å². The Bertz CT molecular complexity index is 1180. The molecule has 0 saturated carbocycles. The number of aliphatic hydroxyl groups is 5. The van der Waals surface area contributed by atoms with E-state index in [4.69, 9.17) is 9.47 Å². The molecule has 9 nitrogen and oxygen atoms in total. The van der Waals surface area contributed by atoms with Crippen LogP contribution in [-0.4, -0.2) is 87.5 Å². The molecule has 0 aliphatic carbocycles. The van der Waals surface area contributed by atoms with Gasteiger partial charge in [-0.05, 0) is 44.9 Å². The molecule has 0 radical (unpaired) electrons. The number of ether oxygens (including phenoxy) is 2. The first-order valence-electron chi connectivity index (χ1n) is 31.5. The van der Waals surface area contributed by atoms with Crippen LogP contribution in [-0.2, 0) is 14.3 Å². The van der Waals surface area contributed by atoms with Gasteiger partial charge in [-0.2, -0.15) is 0 Å². The number of rotatable bonds is 55. The lowest BCUT2D eigenvalue weighted by molar-refractivity contribution is -0.302. The summed E-state index contributed by atoms with van der Waals surface area (Å²) in [4.78, 5) is 13.1. The molecule has 0 bridgehead atoms. The van der Waals surface area contributed by atoms with Crippen LogP contribution in [0.4, 0.5) is 0 Å². The Morgan fingerprint density at radius 2 is 0.819 bits per heavy atom. The summed E-state index contributed by atoms with van der Waals surface area (Å²) in [6.45, 7) is 3.88. The Labute approximate surface area is 445 Å². The molecule has 1 amide bonds. The summed E-state index contributed by atoms with van der Waals surface area (Å²) in [7, 11) is 0. The van der Waals surface area contributed by atoms with Gasteiger partial charge in [0.2, 0.25) is 5.91 Å². The van der Waals surface area contributed by atoms with Gasteiger partial charge in [-0.3, -0.25) is 4.79 Å². The van der Waals surface area contributed by atoms with Crippen LogP contribution in [0.2, 0.25) is 0 Å². The summed E-state index contributed by atoms with van der Waals surface area (Å²) >= 11 is 0. The van der Waals surface area contributed by atoms with Crippen LogP contribution < -0.4 is 5.32 Å². The van der Waals surface area contributed by atoms with Crippen LogP contribution in [0, 0.1) is 0 Å². The first kappa shape index (κ1) is 68.7. The van der Waals surface area contributed by atoms with Crippen LogP contribution in [0.3, 0.4) is 0 Å². The monoisotopic (exact) mass is 1020 g/mol. The van der Waals surface area contributed by atoms with E-state index >= 15 is 0 Å². The molecule has 0 aromatic rings. The van der Waals surface area contributed by atoms with Crippen LogP contribution >= 0.6 is 0 Å². The highest BCUT2D eigenvalue weighted by molar-refractivity contribution is 5.76. The highest BCUT2D eigenvalue weighted by Gasteiger charge is 2.44. The maximum atomic E-state index is 13.1. The van der Waals surface area contributed by atoms with Crippen molar-refractivity contribution in [2.75, 3.05) is 13.2 Å². The summed E-state index contributed by atoms with van der Waals surface area (Å²) in [6, 6.07) is -0.720. The van der Waals surface area contributed by atoms with Crippen molar-refractivity contribution in [3.63, 3.8) is 0 Å². The number of carbonyl (C=O) groups excluding carboxylic acids is 1. The van der Waals surface area contributed by atoms with Gasteiger partial charge < -0.3 is 40.3 Å². The van der Waals surface area contributed by atoms with E-state index in [2.05, 4.69) is 43.5 Å². The van der Waals surface area contributed by atoms with Crippen LogP contribution in [0.15, 0.2) is 24.3 Å². The molecular weight excluding hydrogens is 899 g/mol. The van der Waals surface area contributed by atoms with E-state index in [0.717, 1.165) is 44.9 Å². The fraction of sp³-hybridized carbons (Fsp3) is 0.921. The van der Waals surface area contributed by atoms with E-state index < -0.39 is 49.5 Å². The lowest BCUT2D eigenvalue weighted by Crippen LogP contribution is -2.60. The van der Waals surface area contributed by atoms with Gasteiger partial charge in [0.1, 0.15) is 24.4 Å². The van der Waals surface area contributed by atoms with E-state index in [0.29, 0.717) is 12.8 Å². The number of nitrogens with one attached hydrogen (secondary N) is 1. The minimum atomic E-state index is -1.55. The molecule has 0 spiro atoms. The second kappa shape index (κ2) is 53.1. The Morgan fingerprint density at radius 3 is 1.19 bits per heavy atom. The number of allylic oxidation sites excluding steroid dienone is 4. The SMILES string of the molecule is CCCCCCCCCCC/C=C\C/C=C\CCCCCCCCCCCCCC(=O)NC(COC1OC(CO)C(O)C(O)C1O)C(O)CCCCCCCCCCCCCCCCCCCCCCCC. The fourth-order valence-electron chi connectivity index (χ4n) is 10.3. The molecule has 1 saturated heterocycles. The third-order valence-corrected chi connectivity index (χ3v) is 15.3. The number of carbonyl (C=O) groups is 1. The molecule has 426 valence electrons. The lowest BCUT2D eigenvalue weighted by atomic mass is 9.99. The second-order valence-corrected chi connectivity index (χ2v) is 22.2. The molecule has 6 N–H and O–H groups in total. The molecule has 7 atom stereocenters. The predicted molar refractivity (Wildman–Crippen MR) is 304 cm³/mol. The first-order valence-corrected chi connectivity index (χ1v) is 31.5. The Morgan fingerprint density at radius 1 is 0.472 bits per heavy atom. The highest BCUT2D eigenvalue weighted by Crippen LogP contribution is 2.23. The van der Waals surface area contributed by atoms with E-state index in [1.807, 2.05) is 0 Å². The van der Waals surface area contributed by atoms with Crippen molar-refractivity contribution < 1.29 is 39.8 Å². The quantitative estimate of drug-likeness (QED) is 0.0261. The van der Waals surface area contributed by atoms with Crippen molar-refractivity contribution in [2.45, 2.75) is 358 Å². The minimum Gasteiger partial charge on any atom is -0.394 e. The maximum Gasteiger partial charge on any atom is 0.220 e. The third kappa shape index (κ3) is 41.9. The molecule has 72 heavy (non-hydrogen) atoms. The van der Waals surface area contributed by atoms with Gasteiger partial charge in [0.25, 0.3) is 0 Å². The van der Waals surface area contributed by atoms with Gasteiger partial charge in [0, 0.05) is 6.42 Å². The van der Waals surface area contributed by atoms with E-state index in [-0.39, 0.29) is 12.5 Å². The Balaban J connectivity index is 2.16. The van der Waals surface area contributed by atoms with Crippen molar-refractivity contribution in [1.29, 1.82) is 0 Å². The smallest absolute Gasteiger partial charge is 0.220 e. The molecule has 0 aromatic carbocycles. The van der Waals surface area contributed by atoms with Crippen LogP contribution in [0.25, 0.3) is 0 Å². The molecule has 0 aromatic heterocycles. The molecule has 7 unspecified atom stereocenters. The normalized spacial score (nSPS) is 19.2. The van der Waals surface area contributed by atoms with Crippen LogP contribution in [0.5, 0.6) is 0 Å². The molecule has 1 fully saturated rings. The number of unbranched alkanes of at least 4 members (excludes halogenated alkanes) is 41. The standard InChI is InChI=1S/C63H121NO8/c1-3-5-7-9-11-13-15-17-19-21-23-25-27-28-29-30-31-33-35-37-39-41-43-45-47-49-51-53-59(67)64-56(55-71-63-62(70)61(69)60(68)58(54-65)72-63)57(66)52-50-48-46-44-42-40-38-36-34-32-26-24-22-20-18-16-14-12-10-8-6-4-2/h23,25,28-29,56-58,60-63,65-66,68-70H,3-22,24,26-27,30-55H2,1-2H3,(H,64,67)/b25-23-,29-28-. The molecule has 1 aliphatic rings. The zero-order chi connectivity index (χ0) is 52.2. The van der Waals surface area contributed by atoms with Gasteiger partial charge in [0.15, 0.2) is 6.29 Å². The summed E-state index contributed by atoms with van der Waals surface area (Å²) in [5.74, 6) is -0.141. The number of hydrogen-bond donors (Lipinski definition) is 6. The average Bonchev–Trinajstić information content (AvgIpc) is 3.38. The van der Waals surface area contributed by atoms with Crippen molar-refractivity contribution in [2.24, 2.45) is 0 Å². The predicted octanol–water partition coefficient (Wildman–Crippen LogP) is 16.1. The van der Waals surface area contributed by atoms with E-state index in [1.165, 1.54) is 244 Å². The molecule has 1 aliphatic heterocycles. The lowest BCUT2D eigenvalue weighted by Gasteiger charge is -2.40. The zero-order valence-corrected chi connectivity index (χ0v) is 47.5. The van der Waals surface area contributed by atoms with Crippen molar-refractivity contribution in [3.8, 4) is 0 Å². The van der Waals surface area contributed by atoms with Gasteiger partial charge >= 0.3 is 0 Å². The average molecular weight is 1020 g/mol. The maximum absolute atomic E-state index is 13.1. The minimum absolute atomic E-state index is 0.136. The van der Waals surface area contributed by atoms with Gasteiger partial charge in [0.05, 0.1) is 25.4 Å². The van der Waals surface area contributed by atoms with E-state index in [1.54, 1.807) is 0 Å². The summed E-state index contributed by atoms with van der Waals surface area (Å²) in [6.07, 6.45) is 60.7. The number of amides is 1. The molecule has 1 rings (SSSR count). The van der Waals surface area contributed by atoms with Gasteiger partial charge in [-0.25, -0.2) is 0 Å². The van der Waals surface area contributed by atoms with Crippen molar-refractivity contribution in [3.05, 3.63) is 24.3 Å². The van der Waals surface area contributed by atoms with Gasteiger partial charge in [-0.1, -0.05) is 289 Å². The second-order valence-electron chi connectivity index (χ2n) is 22.2.